The van der Waals surface area contributed by atoms with Gasteiger partial charge in [0.15, 0.2) is 0 Å². The van der Waals surface area contributed by atoms with Crippen molar-refractivity contribution in [2.75, 3.05) is 27.2 Å². The minimum atomic E-state index is 0.497. The molecule has 0 aliphatic carbocycles. The van der Waals surface area contributed by atoms with E-state index in [0.717, 1.165) is 25.2 Å². The molecule has 0 radical (unpaired) electrons. The Kier molecular flexibility index (Phi) is 4.91. The Labute approximate surface area is 121 Å². The molecule has 0 aromatic heterocycles. The van der Waals surface area contributed by atoms with Crippen molar-refractivity contribution in [2.45, 2.75) is 25.4 Å². The molecule has 4 heteroatoms. The minimum Gasteiger partial charge on any atom is -0.389 e. The molecule has 1 saturated heterocycles. The van der Waals surface area contributed by atoms with E-state index in [1.807, 2.05) is 12.1 Å². The normalized spacial score (nSPS) is 20.7. The van der Waals surface area contributed by atoms with Gasteiger partial charge in [0.25, 0.3) is 0 Å². The summed E-state index contributed by atoms with van der Waals surface area (Å²) in [5, 5.41) is 0. The standard InChI is InChI=1S/C15H23N3S/c1-17(2)13-7-5-9-18(11-13)10-12-6-3-4-8-14(12)15(16)19/h3-4,6,8,13H,5,7,9-11H2,1-2H3,(H2,16,19). The van der Waals surface area contributed by atoms with Crippen LogP contribution in [0, 0.1) is 0 Å². The van der Waals surface area contributed by atoms with Crippen LogP contribution in [0.25, 0.3) is 0 Å². The van der Waals surface area contributed by atoms with Gasteiger partial charge in [-0.1, -0.05) is 36.5 Å². The van der Waals surface area contributed by atoms with Crippen LogP contribution in [-0.4, -0.2) is 48.0 Å². The van der Waals surface area contributed by atoms with Gasteiger partial charge in [0.1, 0.15) is 4.99 Å². The lowest BCUT2D eigenvalue weighted by molar-refractivity contribution is 0.128. The molecule has 1 aliphatic rings. The first-order valence-corrected chi connectivity index (χ1v) is 7.25. The molecule has 19 heavy (non-hydrogen) atoms. The SMILES string of the molecule is CN(C)C1CCCN(Cc2ccccc2C(N)=S)C1. The summed E-state index contributed by atoms with van der Waals surface area (Å²) in [4.78, 5) is 5.33. The quantitative estimate of drug-likeness (QED) is 0.851. The predicted octanol–water partition coefficient (Wildman–Crippen LogP) is 1.85. The molecule has 1 aliphatic heterocycles. The average molecular weight is 277 g/mol. The van der Waals surface area contributed by atoms with E-state index < -0.39 is 0 Å². The second-order valence-corrected chi connectivity index (χ2v) is 5.96. The summed E-state index contributed by atoms with van der Waals surface area (Å²) in [6, 6.07) is 8.87. The van der Waals surface area contributed by atoms with E-state index in [0.29, 0.717) is 11.0 Å². The Hall–Kier alpha value is -0.970. The first kappa shape index (κ1) is 14.4. The number of likely N-dealkylation sites (N-methyl/N-ethyl adjacent to an activating group) is 1. The maximum absolute atomic E-state index is 5.80. The molecule has 0 spiro atoms. The van der Waals surface area contributed by atoms with Gasteiger partial charge < -0.3 is 10.6 Å². The first-order chi connectivity index (χ1) is 9.08. The van der Waals surface area contributed by atoms with Crippen LogP contribution >= 0.6 is 12.2 Å². The van der Waals surface area contributed by atoms with E-state index in [-0.39, 0.29) is 0 Å². The van der Waals surface area contributed by atoms with Gasteiger partial charge in [0, 0.05) is 24.7 Å². The number of benzene rings is 1. The molecular weight excluding hydrogens is 254 g/mol. The fourth-order valence-electron chi connectivity index (χ4n) is 2.74. The molecule has 0 bridgehead atoms. The lowest BCUT2D eigenvalue weighted by Gasteiger charge is -2.36. The van der Waals surface area contributed by atoms with E-state index in [4.69, 9.17) is 18.0 Å². The second kappa shape index (κ2) is 6.46. The molecule has 2 rings (SSSR count). The number of piperidine rings is 1. The zero-order valence-electron chi connectivity index (χ0n) is 11.8. The highest BCUT2D eigenvalue weighted by Gasteiger charge is 2.21. The van der Waals surface area contributed by atoms with Crippen molar-refractivity contribution in [3.63, 3.8) is 0 Å². The number of nitrogens with zero attached hydrogens (tertiary/aromatic N) is 2. The maximum atomic E-state index is 5.80. The molecule has 1 aromatic rings. The molecule has 1 aromatic carbocycles. The predicted molar refractivity (Wildman–Crippen MR) is 84.3 cm³/mol. The Morgan fingerprint density at radius 1 is 1.42 bits per heavy atom. The van der Waals surface area contributed by atoms with E-state index in [1.54, 1.807) is 0 Å². The van der Waals surface area contributed by atoms with Gasteiger partial charge in [-0.25, -0.2) is 0 Å². The zero-order valence-corrected chi connectivity index (χ0v) is 12.6. The molecule has 0 saturated carbocycles. The van der Waals surface area contributed by atoms with Crippen molar-refractivity contribution >= 4 is 17.2 Å². The largest absolute Gasteiger partial charge is 0.389 e. The van der Waals surface area contributed by atoms with Crippen LogP contribution in [0.1, 0.15) is 24.0 Å². The molecule has 0 amide bonds. The lowest BCUT2D eigenvalue weighted by Crippen LogP contribution is -2.44. The van der Waals surface area contributed by atoms with E-state index >= 15 is 0 Å². The fourth-order valence-corrected chi connectivity index (χ4v) is 2.93. The number of thiocarbonyl (C=S) groups is 1. The maximum Gasteiger partial charge on any atom is 0.104 e. The highest BCUT2D eigenvalue weighted by atomic mass is 32.1. The highest BCUT2D eigenvalue weighted by Crippen LogP contribution is 2.18. The molecule has 2 N–H and O–H groups in total. The first-order valence-electron chi connectivity index (χ1n) is 6.84. The third-order valence-corrected chi connectivity index (χ3v) is 4.11. The van der Waals surface area contributed by atoms with Crippen molar-refractivity contribution in [1.82, 2.24) is 9.80 Å². The Balaban J connectivity index is 2.07. The van der Waals surface area contributed by atoms with Gasteiger partial charge in [-0.05, 0) is 39.0 Å². The van der Waals surface area contributed by atoms with Crippen LogP contribution in [0.4, 0.5) is 0 Å². The Morgan fingerprint density at radius 2 is 2.16 bits per heavy atom. The van der Waals surface area contributed by atoms with Crippen LogP contribution in [-0.2, 0) is 6.54 Å². The average Bonchev–Trinajstić information content (AvgIpc) is 2.39. The zero-order chi connectivity index (χ0) is 13.8. The van der Waals surface area contributed by atoms with Crippen LogP contribution in [0.5, 0.6) is 0 Å². The molecule has 1 atom stereocenters. The molecular formula is C15H23N3S. The molecule has 104 valence electrons. The third-order valence-electron chi connectivity index (χ3n) is 3.89. The van der Waals surface area contributed by atoms with Crippen molar-refractivity contribution in [1.29, 1.82) is 0 Å². The van der Waals surface area contributed by atoms with Crippen molar-refractivity contribution in [3.8, 4) is 0 Å². The number of rotatable bonds is 4. The van der Waals surface area contributed by atoms with Crippen molar-refractivity contribution < 1.29 is 0 Å². The minimum absolute atomic E-state index is 0.497. The van der Waals surface area contributed by atoms with Crippen LogP contribution in [0.3, 0.4) is 0 Å². The second-order valence-electron chi connectivity index (χ2n) is 5.52. The summed E-state index contributed by atoms with van der Waals surface area (Å²) in [6.45, 7) is 3.23. The summed E-state index contributed by atoms with van der Waals surface area (Å²) >= 11 is 5.13. The van der Waals surface area contributed by atoms with Crippen molar-refractivity contribution in [3.05, 3.63) is 35.4 Å². The summed E-state index contributed by atoms with van der Waals surface area (Å²) < 4.78 is 0. The van der Waals surface area contributed by atoms with E-state index in [2.05, 4.69) is 36.0 Å². The van der Waals surface area contributed by atoms with Gasteiger partial charge in [0.2, 0.25) is 0 Å². The summed E-state index contributed by atoms with van der Waals surface area (Å²) in [6.07, 6.45) is 2.55. The number of likely N-dealkylation sites (tertiary alicyclic amines) is 1. The molecule has 1 fully saturated rings. The molecule has 3 nitrogen and oxygen atoms in total. The molecule has 1 heterocycles. The van der Waals surface area contributed by atoms with E-state index in [1.165, 1.54) is 18.4 Å². The Bertz CT molecular complexity index is 445. The van der Waals surface area contributed by atoms with E-state index in [9.17, 15) is 0 Å². The number of hydrogen-bond acceptors (Lipinski definition) is 3. The fraction of sp³-hybridized carbons (Fsp3) is 0.533. The summed E-state index contributed by atoms with van der Waals surface area (Å²) in [5.74, 6) is 0. The van der Waals surface area contributed by atoms with Gasteiger partial charge in [-0.2, -0.15) is 0 Å². The van der Waals surface area contributed by atoms with Crippen LogP contribution in [0.2, 0.25) is 0 Å². The van der Waals surface area contributed by atoms with Gasteiger partial charge in [-0.3, -0.25) is 4.90 Å². The monoisotopic (exact) mass is 277 g/mol. The topological polar surface area (TPSA) is 32.5 Å². The van der Waals surface area contributed by atoms with Gasteiger partial charge in [0.05, 0.1) is 0 Å². The third kappa shape index (κ3) is 3.75. The van der Waals surface area contributed by atoms with Crippen LogP contribution in [0.15, 0.2) is 24.3 Å². The summed E-state index contributed by atoms with van der Waals surface area (Å²) in [7, 11) is 4.33. The molecule has 1 unspecified atom stereocenters. The highest BCUT2D eigenvalue weighted by molar-refractivity contribution is 7.80. The van der Waals surface area contributed by atoms with Gasteiger partial charge >= 0.3 is 0 Å². The lowest BCUT2D eigenvalue weighted by atomic mass is 10.0. The van der Waals surface area contributed by atoms with Crippen molar-refractivity contribution in [2.24, 2.45) is 5.73 Å². The Morgan fingerprint density at radius 3 is 2.84 bits per heavy atom. The number of hydrogen-bond donors (Lipinski definition) is 1. The number of nitrogens with two attached hydrogens (primary N) is 1. The van der Waals surface area contributed by atoms with Crippen LogP contribution < -0.4 is 5.73 Å². The van der Waals surface area contributed by atoms with Gasteiger partial charge in [-0.15, -0.1) is 0 Å². The summed E-state index contributed by atoms with van der Waals surface area (Å²) in [5.41, 5.74) is 8.06. The smallest absolute Gasteiger partial charge is 0.104 e.